The highest BCUT2D eigenvalue weighted by atomic mass is 32.2. The third-order valence-electron chi connectivity index (χ3n) is 7.25. The summed E-state index contributed by atoms with van der Waals surface area (Å²) in [6, 6.07) is 12.2. The lowest BCUT2D eigenvalue weighted by molar-refractivity contribution is -0.142. The zero-order valence-corrected chi connectivity index (χ0v) is 24.8. The van der Waals surface area contributed by atoms with Gasteiger partial charge in [-0.2, -0.15) is 11.8 Å². The van der Waals surface area contributed by atoms with E-state index in [1.165, 1.54) is 11.8 Å². The van der Waals surface area contributed by atoms with Gasteiger partial charge in [-0.25, -0.2) is 9.78 Å². The number of imidazole rings is 1. The van der Waals surface area contributed by atoms with Gasteiger partial charge >= 0.3 is 5.97 Å². The van der Waals surface area contributed by atoms with Crippen LogP contribution < -0.4 is 16.4 Å². The summed E-state index contributed by atoms with van der Waals surface area (Å²) in [7, 11) is 0. The summed E-state index contributed by atoms with van der Waals surface area (Å²) in [5.41, 5.74) is 8.02. The first kappa shape index (κ1) is 32.1. The molecule has 0 aliphatic heterocycles. The van der Waals surface area contributed by atoms with Crippen molar-refractivity contribution in [2.45, 2.75) is 64.3 Å². The lowest BCUT2D eigenvalue weighted by atomic mass is 10.00. The average Bonchev–Trinajstić information content (AvgIpc) is 3.47. The highest BCUT2D eigenvalue weighted by molar-refractivity contribution is 7.98. The van der Waals surface area contributed by atoms with Crippen molar-refractivity contribution in [3.63, 3.8) is 0 Å². The Labute approximate surface area is 245 Å². The van der Waals surface area contributed by atoms with Crippen LogP contribution in [0.15, 0.2) is 55.0 Å². The molecule has 2 amide bonds. The fourth-order valence-corrected chi connectivity index (χ4v) is 5.16. The van der Waals surface area contributed by atoms with Crippen molar-refractivity contribution in [1.82, 2.24) is 25.5 Å². The second-order valence-electron chi connectivity index (χ2n) is 10.4. The van der Waals surface area contributed by atoms with E-state index in [0.29, 0.717) is 31.6 Å². The quantitative estimate of drug-likeness (QED) is 0.152. The number of aliphatic carboxylic acids is 1. The molecule has 0 bridgehead atoms. The molecule has 0 saturated carbocycles. The molecule has 41 heavy (non-hydrogen) atoms. The van der Waals surface area contributed by atoms with Gasteiger partial charge in [0.25, 0.3) is 0 Å². The molecule has 10 nitrogen and oxygen atoms in total. The number of H-pyrrole nitrogens is 1. The van der Waals surface area contributed by atoms with E-state index >= 15 is 0 Å². The normalized spacial score (nSPS) is 14.4. The maximum Gasteiger partial charge on any atom is 0.326 e. The number of nitrogens with zero attached hydrogens (tertiary/aromatic N) is 2. The Balaban J connectivity index is 1.90. The van der Waals surface area contributed by atoms with Gasteiger partial charge in [-0.1, -0.05) is 62.7 Å². The van der Waals surface area contributed by atoms with E-state index < -0.39 is 30.1 Å². The number of carboxylic acids is 1. The number of amides is 2. The van der Waals surface area contributed by atoms with Crippen LogP contribution in [0.25, 0.3) is 10.8 Å². The zero-order valence-electron chi connectivity index (χ0n) is 24.0. The Kier molecular flexibility index (Phi) is 12.6. The Morgan fingerprint density at radius 1 is 1.15 bits per heavy atom. The van der Waals surface area contributed by atoms with Crippen LogP contribution in [-0.2, 0) is 27.3 Å². The smallest absolute Gasteiger partial charge is 0.326 e. The molecule has 222 valence electrons. The van der Waals surface area contributed by atoms with Crippen LogP contribution in [0.2, 0.25) is 0 Å². The molecular weight excluding hydrogens is 540 g/mol. The first-order chi connectivity index (χ1) is 19.7. The molecule has 6 N–H and O–H groups in total. The van der Waals surface area contributed by atoms with Crippen LogP contribution in [0.4, 0.5) is 0 Å². The van der Waals surface area contributed by atoms with Crippen LogP contribution in [0, 0.1) is 5.92 Å². The number of benzene rings is 2. The fraction of sp³-hybridized carbons (Fsp3) is 0.467. The van der Waals surface area contributed by atoms with E-state index in [2.05, 4.69) is 34.4 Å². The van der Waals surface area contributed by atoms with Gasteiger partial charge in [0.05, 0.1) is 25.1 Å². The number of hydrogen-bond acceptors (Lipinski definition) is 7. The first-order valence-corrected chi connectivity index (χ1v) is 15.4. The maximum absolute atomic E-state index is 13.3. The third-order valence-corrected chi connectivity index (χ3v) is 7.89. The summed E-state index contributed by atoms with van der Waals surface area (Å²) < 4.78 is 0. The number of fused-ring (bicyclic) bond motifs is 1. The predicted molar refractivity (Wildman–Crippen MR) is 163 cm³/mol. The molecule has 3 unspecified atom stereocenters. The zero-order chi connectivity index (χ0) is 29.8. The number of aromatic nitrogens is 2. The van der Waals surface area contributed by atoms with Gasteiger partial charge in [0.15, 0.2) is 0 Å². The average molecular weight is 583 g/mol. The summed E-state index contributed by atoms with van der Waals surface area (Å²) in [5.74, 6) is -0.959. The minimum absolute atomic E-state index is 0.0938. The number of aromatic amines is 1. The Bertz CT molecular complexity index is 1270. The second kappa shape index (κ2) is 16.1. The molecule has 11 heteroatoms. The molecule has 4 atom stereocenters. The molecule has 0 aliphatic rings. The number of carboxylic acid groups (broad SMARTS) is 1. The molecular formula is C30H42N6O4S. The molecule has 3 aromatic rings. The second-order valence-corrected chi connectivity index (χ2v) is 11.4. The standard InChI is InChI=1S/C30H42N6O4S/c1-4-20(2)14-27(35-29(38)25(31)15-23-16-32-19-33-23)36(18-28(37)34-26(30(39)40)12-13-41-3)17-22-10-7-9-21-8-5-6-11-24(21)22/h5-11,16,19-20,25-27H,4,12-15,17-18,31H2,1-3H3,(H,32,33)(H,34,37)(H,35,38)(H,39,40)/t20-,25?,26?,27?/m0/s1. The van der Waals surface area contributed by atoms with Crippen LogP contribution >= 0.6 is 11.8 Å². The molecule has 0 saturated heterocycles. The van der Waals surface area contributed by atoms with Gasteiger partial charge in [-0.05, 0) is 47.1 Å². The van der Waals surface area contributed by atoms with E-state index in [9.17, 15) is 19.5 Å². The maximum atomic E-state index is 13.3. The topological polar surface area (TPSA) is 153 Å². The highest BCUT2D eigenvalue weighted by Gasteiger charge is 2.29. The highest BCUT2D eigenvalue weighted by Crippen LogP contribution is 2.22. The van der Waals surface area contributed by atoms with Crippen LogP contribution in [0.1, 0.15) is 44.4 Å². The van der Waals surface area contributed by atoms with Gasteiger partial charge < -0.3 is 26.5 Å². The lowest BCUT2D eigenvalue weighted by Crippen LogP contribution is -2.56. The molecule has 0 radical (unpaired) electrons. The van der Waals surface area contributed by atoms with Gasteiger partial charge in [0.2, 0.25) is 11.8 Å². The van der Waals surface area contributed by atoms with E-state index in [4.69, 9.17) is 5.73 Å². The number of nitrogens with two attached hydrogens (primary N) is 1. The predicted octanol–water partition coefficient (Wildman–Crippen LogP) is 3.14. The lowest BCUT2D eigenvalue weighted by Gasteiger charge is -2.34. The Hall–Kier alpha value is -3.41. The molecule has 0 fully saturated rings. The molecule has 0 aliphatic carbocycles. The van der Waals surface area contributed by atoms with Crippen LogP contribution in [0.3, 0.4) is 0 Å². The summed E-state index contributed by atoms with van der Waals surface area (Å²) in [6.45, 7) is 4.46. The van der Waals surface area contributed by atoms with Crippen molar-refractivity contribution in [1.29, 1.82) is 0 Å². The summed E-state index contributed by atoms with van der Waals surface area (Å²) >= 11 is 1.53. The van der Waals surface area contributed by atoms with Crippen molar-refractivity contribution in [2.24, 2.45) is 11.7 Å². The summed E-state index contributed by atoms with van der Waals surface area (Å²) in [6.07, 6.45) is 6.65. The largest absolute Gasteiger partial charge is 0.480 e. The van der Waals surface area contributed by atoms with Crippen molar-refractivity contribution >= 4 is 40.3 Å². The number of nitrogens with one attached hydrogen (secondary N) is 3. The van der Waals surface area contributed by atoms with E-state index in [0.717, 1.165) is 28.5 Å². The number of hydrogen-bond donors (Lipinski definition) is 5. The van der Waals surface area contributed by atoms with Gasteiger partial charge in [0, 0.05) is 24.9 Å². The van der Waals surface area contributed by atoms with Crippen molar-refractivity contribution < 1.29 is 19.5 Å². The summed E-state index contributed by atoms with van der Waals surface area (Å²) in [5, 5.41) is 17.6. The number of thioether (sulfide) groups is 1. The molecule has 3 rings (SSSR count). The van der Waals surface area contributed by atoms with Crippen LogP contribution in [0.5, 0.6) is 0 Å². The van der Waals surface area contributed by atoms with Crippen molar-refractivity contribution in [3.8, 4) is 0 Å². The molecule has 0 spiro atoms. The van der Waals surface area contributed by atoms with Gasteiger partial charge in [0.1, 0.15) is 6.04 Å². The molecule has 1 heterocycles. The number of rotatable bonds is 17. The fourth-order valence-electron chi connectivity index (χ4n) is 4.69. The molecule has 1 aromatic heterocycles. The first-order valence-electron chi connectivity index (χ1n) is 14.0. The van der Waals surface area contributed by atoms with E-state index in [1.807, 2.05) is 53.6 Å². The van der Waals surface area contributed by atoms with Crippen molar-refractivity contribution in [3.05, 3.63) is 66.2 Å². The van der Waals surface area contributed by atoms with Gasteiger partial charge in [-0.3, -0.25) is 14.5 Å². The monoisotopic (exact) mass is 582 g/mol. The Morgan fingerprint density at radius 2 is 1.90 bits per heavy atom. The number of carbonyl (C=O) groups excluding carboxylic acids is 2. The van der Waals surface area contributed by atoms with E-state index in [1.54, 1.807) is 12.5 Å². The third kappa shape index (κ3) is 9.87. The Morgan fingerprint density at radius 3 is 2.59 bits per heavy atom. The molecule has 2 aromatic carbocycles. The minimum Gasteiger partial charge on any atom is -0.480 e. The van der Waals surface area contributed by atoms with E-state index in [-0.39, 0.29) is 18.4 Å². The summed E-state index contributed by atoms with van der Waals surface area (Å²) in [4.78, 5) is 47.3. The SMILES string of the molecule is CC[C@H](C)CC(NC(=O)C(N)Cc1cnc[nH]1)N(CC(=O)NC(CCSC)C(=O)O)Cc1cccc2ccccc12. The van der Waals surface area contributed by atoms with Crippen LogP contribution in [-0.4, -0.2) is 74.6 Å². The van der Waals surface area contributed by atoms with Gasteiger partial charge in [-0.15, -0.1) is 0 Å². The van der Waals surface area contributed by atoms with Crippen molar-refractivity contribution in [2.75, 3.05) is 18.6 Å². The number of carbonyl (C=O) groups is 3. The minimum atomic E-state index is -1.07.